The number of aromatic nitrogens is 2. The van der Waals surface area contributed by atoms with Crippen molar-refractivity contribution in [3.63, 3.8) is 0 Å². The summed E-state index contributed by atoms with van der Waals surface area (Å²) in [5, 5.41) is 10.6. The predicted molar refractivity (Wildman–Crippen MR) is 88.3 cm³/mol. The lowest BCUT2D eigenvalue weighted by Crippen LogP contribution is -2.61. The van der Waals surface area contributed by atoms with Crippen LogP contribution in [0.4, 0.5) is 0 Å². The maximum Gasteiger partial charge on any atom is 0.419 e. The van der Waals surface area contributed by atoms with Gasteiger partial charge in [0.2, 0.25) is 10.0 Å². The lowest BCUT2D eigenvalue weighted by Gasteiger charge is -2.45. The van der Waals surface area contributed by atoms with E-state index >= 15 is 0 Å². The third kappa shape index (κ3) is 2.39. The Morgan fingerprint density at radius 2 is 2.04 bits per heavy atom. The first-order chi connectivity index (χ1) is 11.8. The maximum atomic E-state index is 12.7. The zero-order chi connectivity index (χ0) is 17.8. The summed E-state index contributed by atoms with van der Waals surface area (Å²) in [6.07, 6.45) is 3.11. The highest BCUT2D eigenvalue weighted by molar-refractivity contribution is 7.89. The lowest BCUT2D eigenvalue weighted by molar-refractivity contribution is -0.0650. The van der Waals surface area contributed by atoms with Crippen molar-refractivity contribution >= 4 is 21.1 Å². The van der Waals surface area contributed by atoms with E-state index in [-0.39, 0.29) is 23.6 Å². The molecule has 0 radical (unpaired) electrons. The third-order valence-corrected chi connectivity index (χ3v) is 6.26. The van der Waals surface area contributed by atoms with Crippen molar-refractivity contribution in [2.24, 2.45) is 7.05 Å². The first kappa shape index (κ1) is 16.0. The first-order valence-electron chi connectivity index (χ1n) is 7.54. The van der Waals surface area contributed by atoms with Crippen molar-refractivity contribution in [1.82, 2.24) is 13.9 Å². The molecule has 1 N–H and O–H groups in total. The van der Waals surface area contributed by atoms with Crippen molar-refractivity contribution in [3.05, 3.63) is 58.8 Å². The molecule has 0 bridgehead atoms. The van der Waals surface area contributed by atoms with E-state index in [2.05, 4.69) is 4.98 Å². The summed E-state index contributed by atoms with van der Waals surface area (Å²) < 4.78 is 33.0. The van der Waals surface area contributed by atoms with Crippen molar-refractivity contribution < 1.29 is 17.9 Å². The van der Waals surface area contributed by atoms with Crippen LogP contribution in [0.5, 0.6) is 0 Å². The number of sulfonamides is 1. The smallest absolute Gasteiger partial charge is 0.408 e. The van der Waals surface area contributed by atoms with Crippen LogP contribution in [0.1, 0.15) is 5.56 Å². The molecular weight excluding hydrogens is 346 g/mol. The highest BCUT2D eigenvalue weighted by Gasteiger charge is 2.48. The molecule has 0 atom stereocenters. The second kappa shape index (κ2) is 5.25. The average Bonchev–Trinajstić information content (AvgIpc) is 2.86. The van der Waals surface area contributed by atoms with E-state index in [0.717, 1.165) is 0 Å². The van der Waals surface area contributed by atoms with Crippen molar-refractivity contribution in [3.8, 4) is 0 Å². The largest absolute Gasteiger partial charge is 0.419 e. The summed E-state index contributed by atoms with van der Waals surface area (Å²) in [6, 6.07) is 7.68. The number of aliphatic hydroxyl groups is 1. The van der Waals surface area contributed by atoms with Crippen LogP contribution in [0.3, 0.4) is 0 Å². The number of β-amino-alcohol motifs (C(OH)–C–C–N with tert-alkyl or cyclic N) is 1. The minimum Gasteiger partial charge on any atom is -0.408 e. The fraction of sp³-hybridized carbons (Fsp3) is 0.250. The molecule has 1 fully saturated rings. The van der Waals surface area contributed by atoms with Gasteiger partial charge in [-0.1, -0.05) is 6.07 Å². The Labute approximate surface area is 143 Å². The lowest BCUT2D eigenvalue weighted by atomic mass is 9.89. The van der Waals surface area contributed by atoms with Crippen molar-refractivity contribution in [2.75, 3.05) is 13.1 Å². The van der Waals surface area contributed by atoms with E-state index in [9.17, 15) is 18.3 Å². The summed E-state index contributed by atoms with van der Waals surface area (Å²) >= 11 is 0. The summed E-state index contributed by atoms with van der Waals surface area (Å²) in [5.41, 5.74) is 0.0482. The molecule has 1 saturated heterocycles. The van der Waals surface area contributed by atoms with E-state index in [4.69, 9.17) is 4.42 Å². The Bertz CT molecular complexity index is 1110. The van der Waals surface area contributed by atoms with Crippen LogP contribution >= 0.6 is 0 Å². The van der Waals surface area contributed by atoms with Crippen molar-refractivity contribution in [2.45, 2.75) is 10.5 Å². The molecule has 0 saturated carbocycles. The van der Waals surface area contributed by atoms with Crippen LogP contribution in [-0.2, 0) is 22.7 Å². The van der Waals surface area contributed by atoms with Gasteiger partial charge in [-0.15, -0.1) is 0 Å². The molecule has 130 valence electrons. The van der Waals surface area contributed by atoms with Gasteiger partial charge < -0.3 is 9.52 Å². The van der Waals surface area contributed by atoms with Crippen molar-refractivity contribution in [1.29, 1.82) is 0 Å². The standard InChI is InChI=1S/C16H15N3O5S/c1-18-13-5-4-12(7-14(13)24-15(18)20)25(22,23)19-9-16(21,10-19)11-3-2-6-17-8-11/h2-8,21H,9-10H2,1H3. The van der Waals surface area contributed by atoms with Gasteiger partial charge in [-0.2, -0.15) is 4.31 Å². The maximum absolute atomic E-state index is 12.7. The topological polar surface area (TPSA) is 106 Å². The molecule has 4 rings (SSSR count). The van der Waals surface area contributed by atoms with Gasteiger partial charge in [0.1, 0.15) is 5.60 Å². The molecule has 1 aromatic carbocycles. The molecule has 1 aliphatic rings. The van der Waals surface area contributed by atoms with Gasteiger partial charge in [0.25, 0.3) is 0 Å². The Kier molecular flexibility index (Phi) is 3.36. The normalized spacial score (nSPS) is 17.5. The number of nitrogens with zero attached hydrogens (tertiary/aromatic N) is 3. The van der Waals surface area contributed by atoms with Crippen LogP contribution in [0.25, 0.3) is 11.1 Å². The molecule has 2 aromatic heterocycles. The van der Waals surface area contributed by atoms with E-state index in [1.165, 1.54) is 33.3 Å². The van der Waals surface area contributed by atoms with Gasteiger partial charge in [0.05, 0.1) is 10.4 Å². The van der Waals surface area contributed by atoms with Crippen LogP contribution in [0.2, 0.25) is 0 Å². The molecule has 8 nitrogen and oxygen atoms in total. The second-order valence-corrected chi connectivity index (χ2v) is 8.04. The van der Waals surface area contributed by atoms with Gasteiger partial charge >= 0.3 is 5.76 Å². The Morgan fingerprint density at radius 3 is 2.72 bits per heavy atom. The van der Waals surface area contributed by atoms with Gasteiger partial charge in [0.15, 0.2) is 5.58 Å². The molecule has 3 aromatic rings. The summed E-state index contributed by atoms with van der Waals surface area (Å²) in [4.78, 5) is 15.5. The monoisotopic (exact) mass is 361 g/mol. The average molecular weight is 361 g/mol. The number of pyridine rings is 1. The molecule has 25 heavy (non-hydrogen) atoms. The van der Waals surface area contributed by atoms with Crippen LogP contribution in [0.15, 0.2) is 56.8 Å². The van der Waals surface area contributed by atoms with E-state index < -0.39 is 21.4 Å². The molecule has 3 heterocycles. The minimum atomic E-state index is -3.79. The molecule has 9 heteroatoms. The Balaban J connectivity index is 1.64. The predicted octanol–water partition coefficient (Wildman–Crippen LogP) is 0.419. The molecule has 0 amide bonds. The first-order valence-corrected chi connectivity index (χ1v) is 8.98. The number of oxazole rings is 1. The van der Waals surface area contributed by atoms with Gasteiger partial charge in [-0.3, -0.25) is 9.55 Å². The highest BCUT2D eigenvalue weighted by atomic mass is 32.2. The van der Waals surface area contributed by atoms with E-state index in [0.29, 0.717) is 11.1 Å². The van der Waals surface area contributed by atoms with Gasteiger partial charge in [0, 0.05) is 44.2 Å². The fourth-order valence-electron chi connectivity index (χ4n) is 2.95. The minimum absolute atomic E-state index is 0.0163. The van der Waals surface area contributed by atoms with E-state index in [1.807, 2.05) is 0 Å². The fourth-order valence-corrected chi connectivity index (χ4v) is 4.51. The number of hydrogen-bond acceptors (Lipinski definition) is 6. The SMILES string of the molecule is Cn1c(=O)oc2cc(S(=O)(=O)N3CC(O)(c4cccnc4)C3)ccc21. The zero-order valence-electron chi connectivity index (χ0n) is 13.3. The highest BCUT2D eigenvalue weighted by Crippen LogP contribution is 2.35. The molecule has 0 unspecified atom stereocenters. The number of aryl methyl sites for hydroxylation is 1. The summed E-state index contributed by atoms with van der Waals surface area (Å²) in [5.74, 6) is -0.556. The number of rotatable bonds is 3. The van der Waals surface area contributed by atoms with Gasteiger partial charge in [-0.25, -0.2) is 13.2 Å². The molecule has 0 spiro atoms. The van der Waals surface area contributed by atoms with Crippen LogP contribution in [-0.4, -0.2) is 40.5 Å². The van der Waals surface area contributed by atoms with Crippen LogP contribution in [0, 0.1) is 0 Å². The molecular formula is C16H15N3O5S. The Hall–Kier alpha value is -2.49. The Morgan fingerprint density at radius 1 is 1.28 bits per heavy atom. The second-order valence-electron chi connectivity index (χ2n) is 6.10. The number of fused-ring (bicyclic) bond motifs is 1. The van der Waals surface area contributed by atoms with Gasteiger partial charge in [-0.05, 0) is 18.2 Å². The van der Waals surface area contributed by atoms with E-state index in [1.54, 1.807) is 25.4 Å². The zero-order valence-corrected chi connectivity index (χ0v) is 14.1. The molecule has 1 aliphatic heterocycles. The summed E-state index contributed by atoms with van der Waals surface area (Å²) in [6.45, 7) is -0.115. The van der Waals surface area contributed by atoms with Crippen LogP contribution < -0.4 is 5.76 Å². The molecule has 0 aliphatic carbocycles. The number of benzene rings is 1. The number of hydrogen-bond donors (Lipinski definition) is 1. The third-order valence-electron chi connectivity index (χ3n) is 4.48. The summed E-state index contributed by atoms with van der Waals surface area (Å²) in [7, 11) is -2.25. The quantitative estimate of drug-likeness (QED) is 0.725.